The number of nitrogens with zero attached hydrogens (tertiary/aromatic N) is 2. The number of sulfonamides is 1. The van der Waals surface area contributed by atoms with Gasteiger partial charge in [0.15, 0.2) is 0 Å². The van der Waals surface area contributed by atoms with E-state index in [9.17, 15) is 8.42 Å². The number of aromatic nitrogens is 2. The molecule has 1 heterocycles. The van der Waals surface area contributed by atoms with Gasteiger partial charge in [-0.1, -0.05) is 0 Å². The van der Waals surface area contributed by atoms with Crippen molar-refractivity contribution in [1.29, 1.82) is 0 Å². The molecule has 0 fully saturated rings. The van der Waals surface area contributed by atoms with E-state index in [0.29, 0.717) is 24.6 Å². The maximum Gasteiger partial charge on any atom is 0.209 e. The minimum Gasteiger partial charge on any atom is -0.370 e. The zero-order chi connectivity index (χ0) is 13.6. The number of nitrogens with one attached hydrogen (secondary N) is 2. The van der Waals surface area contributed by atoms with Gasteiger partial charge < -0.3 is 10.6 Å². The maximum absolute atomic E-state index is 10.8. The summed E-state index contributed by atoms with van der Waals surface area (Å²) < 4.78 is 21.5. The van der Waals surface area contributed by atoms with E-state index < -0.39 is 10.0 Å². The van der Waals surface area contributed by atoms with Gasteiger partial charge in [-0.2, -0.15) is 0 Å². The Kier molecular flexibility index (Phi) is 5.29. The summed E-state index contributed by atoms with van der Waals surface area (Å²) in [6.07, 6.45) is 0.443. The van der Waals surface area contributed by atoms with Crippen molar-refractivity contribution < 1.29 is 8.42 Å². The van der Waals surface area contributed by atoms with Gasteiger partial charge in [0.05, 0.1) is 5.75 Å². The van der Waals surface area contributed by atoms with E-state index in [1.165, 1.54) is 0 Å². The van der Waals surface area contributed by atoms with Gasteiger partial charge in [-0.05, 0) is 20.3 Å². The summed E-state index contributed by atoms with van der Waals surface area (Å²) in [5.74, 6) is 2.04. The van der Waals surface area contributed by atoms with Gasteiger partial charge >= 0.3 is 0 Å². The molecule has 8 heteroatoms. The highest BCUT2D eigenvalue weighted by Gasteiger charge is 2.03. The molecule has 1 aromatic heterocycles. The molecule has 0 bridgehead atoms. The number of hydrogen-bond acceptors (Lipinski definition) is 6. The van der Waals surface area contributed by atoms with Crippen molar-refractivity contribution in [1.82, 2.24) is 9.97 Å². The van der Waals surface area contributed by atoms with Crippen LogP contribution in [-0.4, -0.2) is 37.2 Å². The van der Waals surface area contributed by atoms with E-state index in [1.54, 1.807) is 13.0 Å². The molecule has 0 amide bonds. The van der Waals surface area contributed by atoms with Crippen LogP contribution in [0.2, 0.25) is 0 Å². The summed E-state index contributed by atoms with van der Waals surface area (Å²) in [7, 11) is -3.39. The summed E-state index contributed by atoms with van der Waals surface area (Å²) in [6, 6.07) is 1.79. The lowest BCUT2D eigenvalue weighted by atomic mass is 10.4. The minimum absolute atomic E-state index is 0.0376. The van der Waals surface area contributed by atoms with Crippen molar-refractivity contribution in [3.63, 3.8) is 0 Å². The van der Waals surface area contributed by atoms with Gasteiger partial charge in [-0.25, -0.2) is 23.5 Å². The molecule has 0 atom stereocenters. The maximum atomic E-state index is 10.8. The number of anilines is 2. The zero-order valence-corrected chi connectivity index (χ0v) is 11.4. The third-order valence-electron chi connectivity index (χ3n) is 2.11. The lowest BCUT2D eigenvalue weighted by molar-refractivity contribution is 0.595. The van der Waals surface area contributed by atoms with Crippen LogP contribution in [0.3, 0.4) is 0 Å². The van der Waals surface area contributed by atoms with E-state index in [4.69, 9.17) is 5.14 Å². The second-order valence-corrected chi connectivity index (χ2v) is 5.60. The van der Waals surface area contributed by atoms with E-state index in [0.717, 1.165) is 12.4 Å². The summed E-state index contributed by atoms with van der Waals surface area (Å²) in [5.41, 5.74) is 0. The van der Waals surface area contributed by atoms with Crippen LogP contribution < -0.4 is 15.8 Å². The Bertz CT molecular complexity index is 489. The molecule has 4 N–H and O–H groups in total. The Morgan fingerprint density at radius 2 is 1.89 bits per heavy atom. The Balaban J connectivity index is 2.51. The topological polar surface area (TPSA) is 110 Å². The summed E-state index contributed by atoms with van der Waals surface area (Å²) in [6.45, 7) is 5.06. The molecule has 0 aliphatic heterocycles. The molecular weight excluding hydrogens is 254 g/mol. The van der Waals surface area contributed by atoms with Gasteiger partial charge in [0.25, 0.3) is 0 Å². The average Bonchev–Trinajstić information content (AvgIpc) is 2.23. The molecule has 18 heavy (non-hydrogen) atoms. The molecule has 0 saturated heterocycles. The van der Waals surface area contributed by atoms with E-state index in [2.05, 4.69) is 20.6 Å². The van der Waals surface area contributed by atoms with Crippen molar-refractivity contribution in [2.24, 2.45) is 5.14 Å². The Hall–Kier alpha value is -1.41. The standard InChI is InChI=1S/C10H19N5O2S/c1-3-12-9-7-10(15-8(2)14-9)13-5-4-6-18(11,16)17/h7H,3-6H2,1-2H3,(H2,11,16,17)(H2,12,13,14,15). The first-order valence-corrected chi connectivity index (χ1v) is 7.46. The van der Waals surface area contributed by atoms with Gasteiger partial charge in [-0.3, -0.25) is 0 Å². The lowest BCUT2D eigenvalue weighted by Crippen LogP contribution is -2.19. The predicted octanol–water partition coefficient (Wildman–Crippen LogP) is 0.307. The van der Waals surface area contributed by atoms with Gasteiger partial charge in [0, 0.05) is 19.2 Å². The first-order chi connectivity index (χ1) is 8.40. The van der Waals surface area contributed by atoms with E-state index in [1.807, 2.05) is 6.92 Å². The Labute approximate surface area is 107 Å². The first-order valence-electron chi connectivity index (χ1n) is 5.74. The summed E-state index contributed by atoms with van der Waals surface area (Å²) in [4.78, 5) is 8.42. The van der Waals surface area contributed by atoms with E-state index >= 15 is 0 Å². The minimum atomic E-state index is -3.39. The molecule has 0 aromatic carbocycles. The molecule has 7 nitrogen and oxygen atoms in total. The van der Waals surface area contributed by atoms with Crippen LogP contribution in [0.5, 0.6) is 0 Å². The fourth-order valence-corrected chi connectivity index (χ4v) is 1.97. The molecule has 0 spiro atoms. The van der Waals surface area contributed by atoms with Crippen LogP contribution in [0.25, 0.3) is 0 Å². The van der Waals surface area contributed by atoms with Crippen LogP contribution in [0, 0.1) is 6.92 Å². The Morgan fingerprint density at radius 3 is 2.44 bits per heavy atom. The molecule has 1 rings (SSSR count). The van der Waals surface area contributed by atoms with Crippen LogP contribution >= 0.6 is 0 Å². The highest BCUT2D eigenvalue weighted by molar-refractivity contribution is 7.89. The van der Waals surface area contributed by atoms with Crippen molar-refractivity contribution in [3.8, 4) is 0 Å². The quantitative estimate of drug-likeness (QED) is 0.617. The number of hydrogen-bond donors (Lipinski definition) is 3. The van der Waals surface area contributed by atoms with Crippen molar-refractivity contribution in [3.05, 3.63) is 11.9 Å². The summed E-state index contributed by atoms with van der Waals surface area (Å²) in [5, 5.41) is 11.1. The fourth-order valence-electron chi connectivity index (χ4n) is 1.42. The SMILES string of the molecule is CCNc1cc(NCCCS(N)(=O)=O)nc(C)n1. The Morgan fingerprint density at radius 1 is 1.28 bits per heavy atom. The normalized spacial score (nSPS) is 11.3. The van der Waals surface area contributed by atoms with Gasteiger partial charge in [0.1, 0.15) is 17.5 Å². The third kappa shape index (κ3) is 5.78. The van der Waals surface area contributed by atoms with Gasteiger partial charge in [-0.15, -0.1) is 0 Å². The lowest BCUT2D eigenvalue weighted by Gasteiger charge is -2.08. The van der Waals surface area contributed by atoms with Crippen molar-refractivity contribution in [2.75, 3.05) is 29.5 Å². The van der Waals surface area contributed by atoms with Crippen molar-refractivity contribution >= 4 is 21.7 Å². The van der Waals surface area contributed by atoms with Crippen LogP contribution in [0.4, 0.5) is 11.6 Å². The highest BCUT2D eigenvalue weighted by Crippen LogP contribution is 2.10. The monoisotopic (exact) mass is 273 g/mol. The molecule has 102 valence electrons. The molecule has 0 saturated carbocycles. The van der Waals surface area contributed by atoms with Crippen molar-refractivity contribution in [2.45, 2.75) is 20.3 Å². The molecule has 0 aliphatic rings. The van der Waals surface area contributed by atoms with Crippen LogP contribution in [0.1, 0.15) is 19.2 Å². The smallest absolute Gasteiger partial charge is 0.209 e. The molecular formula is C10H19N5O2S. The second-order valence-electron chi connectivity index (χ2n) is 3.86. The number of primary sulfonamides is 1. The highest BCUT2D eigenvalue weighted by atomic mass is 32.2. The number of nitrogens with two attached hydrogens (primary N) is 1. The largest absolute Gasteiger partial charge is 0.370 e. The number of aryl methyl sites for hydroxylation is 1. The average molecular weight is 273 g/mol. The predicted molar refractivity (Wildman–Crippen MR) is 72.0 cm³/mol. The summed E-state index contributed by atoms with van der Waals surface area (Å²) >= 11 is 0. The van der Waals surface area contributed by atoms with Crippen LogP contribution in [-0.2, 0) is 10.0 Å². The molecule has 0 aliphatic carbocycles. The molecule has 0 unspecified atom stereocenters. The van der Waals surface area contributed by atoms with Crippen LogP contribution in [0.15, 0.2) is 6.07 Å². The zero-order valence-electron chi connectivity index (χ0n) is 10.6. The second kappa shape index (κ2) is 6.50. The van der Waals surface area contributed by atoms with Gasteiger partial charge in [0.2, 0.25) is 10.0 Å². The van der Waals surface area contributed by atoms with E-state index in [-0.39, 0.29) is 5.75 Å². The molecule has 1 aromatic rings. The third-order valence-corrected chi connectivity index (χ3v) is 2.97. The fraction of sp³-hybridized carbons (Fsp3) is 0.600. The first kappa shape index (κ1) is 14.7. The molecule has 0 radical (unpaired) electrons. The number of rotatable bonds is 7.